The first-order chi connectivity index (χ1) is 9.02. The van der Waals surface area contributed by atoms with Gasteiger partial charge in [0.25, 0.3) is 0 Å². The normalized spacial score (nSPS) is 10.1. The van der Waals surface area contributed by atoms with Crippen LogP contribution in [-0.4, -0.2) is 29.8 Å². The summed E-state index contributed by atoms with van der Waals surface area (Å²) in [7, 11) is 0. The van der Waals surface area contributed by atoms with Gasteiger partial charge in [-0.05, 0) is 18.9 Å². The quantitative estimate of drug-likeness (QED) is 0.851. The Bertz CT molecular complexity index is 444. The van der Waals surface area contributed by atoms with Gasteiger partial charge in [-0.25, -0.2) is 0 Å². The third-order valence-corrected chi connectivity index (χ3v) is 2.81. The molecule has 1 rings (SSSR count). The zero-order valence-corrected chi connectivity index (χ0v) is 11.9. The van der Waals surface area contributed by atoms with Crippen LogP contribution in [0, 0.1) is 6.92 Å². The Kier molecular flexibility index (Phi) is 6.06. The van der Waals surface area contributed by atoms with Gasteiger partial charge in [0.2, 0.25) is 11.8 Å². The summed E-state index contributed by atoms with van der Waals surface area (Å²) in [5.41, 5.74) is 2.19. The van der Waals surface area contributed by atoms with E-state index in [4.69, 9.17) is 0 Å². The van der Waals surface area contributed by atoms with E-state index in [9.17, 15) is 9.59 Å². The summed E-state index contributed by atoms with van der Waals surface area (Å²) in [4.78, 5) is 24.8. The Labute approximate surface area is 114 Å². The third-order valence-electron chi connectivity index (χ3n) is 2.81. The summed E-state index contributed by atoms with van der Waals surface area (Å²) in [6.07, 6.45) is 0.893. The molecule has 0 saturated heterocycles. The minimum absolute atomic E-state index is 0.0897. The van der Waals surface area contributed by atoms with Crippen molar-refractivity contribution in [1.29, 1.82) is 0 Å². The minimum Gasteiger partial charge on any atom is -0.355 e. The van der Waals surface area contributed by atoms with Crippen molar-refractivity contribution in [2.45, 2.75) is 33.7 Å². The molecule has 0 aliphatic heterocycles. The molecular formula is C15H22N2O2. The second-order valence-corrected chi connectivity index (χ2v) is 4.71. The van der Waals surface area contributed by atoms with Crippen LogP contribution in [0.3, 0.4) is 0 Å². The summed E-state index contributed by atoms with van der Waals surface area (Å²) in [6.45, 7) is 6.73. The van der Waals surface area contributed by atoms with Gasteiger partial charge in [-0.2, -0.15) is 0 Å². The van der Waals surface area contributed by atoms with Crippen LogP contribution in [-0.2, 0) is 16.1 Å². The lowest BCUT2D eigenvalue weighted by Gasteiger charge is -2.20. The lowest BCUT2D eigenvalue weighted by Crippen LogP contribution is -2.39. The second kappa shape index (κ2) is 7.56. The summed E-state index contributed by atoms with van der Waals surface area (Å²) >= 11 is 0. The van der Waals surface area contributed by atoms with Gasteiger partial charge in [0, 0.05) is 20.0 Å². The molecule has 0 saturated carbocycles. The van der Waals surface area contributed by atoms with E-state index in [1.54, 1.807) is 4.90 Å². The van der Waals surface area contributed by atoms with Crippen LogP contribution >= 0.6 is 0 Å². The maximum absolute atomic E-state index is 11.7. The molecule has 0 fully saturated rings. The lowest BCUT2D eigenvalue weighted by molar-refractivity contribution is -0.134. The number of amides is 2. The van der Waals surface area contributed by atoms with Crippen LogP contribution in [0.2, 0.25) is 0 Å². The Balaban J connectivity index is 2.63. The van der Waals surface area contributed by atoms with E-state index in [1.165, 1.54) is 6.92 Å². The smallest absolute Gasteiger partial charge is 0.239 e. The molecule has 1 aromatic carbocycles. The van der Waals surface area contributed by atoms with Crippen molar-refractivity contribution < 1.29 is 9.59 Å². The molecule has 0 aromatic heterocycles. The van der Waals surface area contributed by atoms with E-state index < -0.39 is 0 Å². The van der Waals surface area contributed by atoms with E-state index in [-0.39, 0.29) is 18.4 Å². The molecule has 0 bridgehead atoms. The SMILES string of the molecule is CCCNC(=O)CN(Cc1cccc(C)c1)C(C)=O. The fourth-order valence-corrected chi connectivity index (χ4v) is 1.80. The zero-order chi connectivity index (χ0) is 14.3. The van der Waals surface area contributed by atoms with Crippen LogP contribution in [0.1, 0.15) is 31.4 Å². The molecule has 104 valence electrons. The van der Waals surface area contributed by atoms with Crippen LogP contribution in [0.15, 0.2) is 24.3 Å². The van der Waals surface area contributed by atoms with Crippen LogP contribution in [0.4, 0.5) is 0 Å². The molecule has 19 heavy (non-hydrogen) atoms. The Hall–Kier alpha value is -1.84. The summed E-state index contributed by atoms with van der Waals surface area (Å²) in [5.74, 6) is -0.196. The van der Waals surface area contributed by atoms with Crippen molar-refractivity contribution in [2.75, 3.05) is 13.1 Å². The van der Waals surface area contributed by atoms with Crippen LogP contribution < -0.4 is 5.32 Å². The Morgan fingerprint density at radius 1 is 1.32 bits per heavy atom. The first kappa shape index (κ1) is 15.2. The summed E-state index contributed by atoms with van der Waals surface area (Å²) in [5, 5.41) is 2.78. The molecule has 4 nitrogen and oxygen atoms in total. The van der Waals surface area contributed by atoms with E-state index in [0.717, 1.165) is 17.5 Å². The molecular weight excluding hydrogens is 240 g/mol. The van der Waals surface area contributed by atoms with E-state index in [0.29, 0.717) is 13.1 Å². The highest BCUT2D eigenvalue weighted by Crippen LogP contribution is 2.07. The van der Waals surface area contributed by atoms with Crippen LogP contribution in [0.25, 0.3) is 0 Å². The zero-order valence-electron chi connectivity index (χ0n) is 11.9. The largest absolute Gasteiger partial charge is 0.355 e. The predicted molar refractivity (Wildman–Crippen MR) is 75.6 cm³/mol. The molecule has 1 N–H and O–H groups in total. The Morgan fingerprint density at radius 3 is 2.63 bits per heavy atom. The van der Waals surface area contributed by atoms with E-state index in [1.807, 2.05) is 38.1 Å². The van der Waals surface area contributed by atoms with Gasteiger partial charge in [0.1, 0.15) is 0 Å². The van der Waals surface area contributed by atoms with Crippen LogP contribution in [0.5, 0.6) is 0 Å². The van der Waals surface area contributed by atoms with Crippen molar-refractivity contribution in [1.82, 2.24) is 10.2 Å². The molecule has 0 radical (unpaired) electrons. The van der Waals surface area contributed by atoms with Gasteiger partial charge in [-0.1, -0.05) is 36.8 Å². The summed E-state index contributed by atoms with van der Waals surface area (Å²) in [6, 6.07) is 7.96. The molecule has 0 aliphatic carbocycles. The topological polar surface area (TPSA) is 49.4 Å². The number of rotatable bonds is 6. The summed E-state index contributed by atoms with van der Waals surface area (Å²) < 4.78 is 0. The van der Waals surface area contributed by atoms with Crippen molar-refractivity contribution >= 4 is 11.8 Å². The average Bonchev–Trinajstić information content (AvgIpc) is 2.35. The predicted octanol–water partition coefficient (Wildman–Crippen LogP) is 1.87. The first-order valence-corrected chi connectivity index (χ1v) is 6.60. The fraction of sp³-hybridized carbons (Fsp3) is 0.467. The number of nitrogens with zero attached hydrogens (tertiary/aromatic N) is 1. The standard InChI is InChI=1S/C15H22N2O2/c1-4-8-16-15(19)11-17(13(3)18)10-14-7-5-6-12(2)9-14/h5-7,9H,4,8,10-11H2,1-3H3,(H,16,19). The molecule has 4 heteroatoms. The highest BCUT2D eigenvalue weighted by atomic mass is 16.2. The fourth-order valence-electron chi connectivity index (χ4n) is 1.80. The molecule has 0 unspecified atom stereocenters. The van der Waals surface area contributed by atoms with Gasteiger partial charge in [0.15, 0.2) is 0 Å². The van der Waals surface area contributed by atoms with Crippen molar-refractivity contribution in [3.63, 3.8) is 0 Å². The molecule has 0 atom stereocenters. The minimum atomic E-state index is -0.107. The number of hydrogen-bond acceptors (Lipinski definition) is 2. The molecule has 2 amide bonds. The van der Waals surface area contributed by atoms with Gasteiger partial charge in [0.05, 0.1) is 6.54 Å². The maximum atomic E-state index is 11.7. The number of benzene rings is 1. The molecule has 0 heterocycles. The van der Waals surface area contributed by atoms with Gasteiger partial charge < -0.3 is 10.2 Å². The number of nitrogens with one attached hydrogen (secondary N) is 1. The van der Waals surface area contributed by atoms with E-state index in [2.05, 4.69) is 5.32 Å². The average molecular weight is 262 g/mol. The second-order valence-electron chi connectivity index (χ2n) is 4.71. The first-order valence-electron chi connectivity index (χ1n) is 6.60. The van der Waals surface area contributed by atoms with Gasteiger partial charge in [-0.3, -0.25) is 9.59 Å². The lowest BCUT2D eigenvalue weighted by atomic mass is 10.1. The van der Waals surface area contributed by atoms with Gasteiger partial charge >= 0.3 is 0 Å². The molecule has 0 aliphatic rings. The highest BCUT2D eigenvalue weighted by Gasteiger charge is 2.13. The number of aryl methyl sites for hydroxylation is 1. The maximum Gasteiger partial charge on any atom is 0.239 e. The number of carbonyl (C=O) groups excluding carboxylic acids is 2. The van der Waals surface area contributed by atoms with Crippen molar-refractivity contribution in [3.05, 3.63) is 35.4 Å². The Morgan fingerprint density at radius 2 is 2.05 bits per heavy atom. The number of hydrogen-bond donors (Lipinski definition) is 1. The van der Waals surface area contributed by atoms with Crippen molar-refractivity contribution in [3.8, 4) is 0 Å². The van der Waals surface area contributed by atoms with E-state index >= 15 is 0 Å². The van der Waals surface area contributed by atoms with Gasteiger partial charge in [-0.15, -0.1) is 0 Å². The monoisotopic (exact) mass is 262 g/mol. The van der Waals surface area contributed by atoms with Crippen molar-refractivity contribution in [2.24, 2.45) is 0 Å². The molecule has 1 aromatic rings. The number of carbonyl (C=O) groups is 2. The third kappa shape index (κ3) is 5.55. The molecule has 0 spiro atoms. The highest BCUT2D eigenvalue weighted by molar-refractivity contribution is 5.83.